The zero-order valence-corrected chi connectivity index (χ0v) is 16.5. The van der Waals surface area contributed by atoms with E-state index < -0.39 is 26.3 Å². The van der Waals surface area contributed by atoms with Crippen LogP contribution in [0.5, 0.6) is 0 Å². The molecule has 6 nitrogen and oxygen atoms in total. The van der Waals surface area contributed by atoms with Crippen molar-refractivity contribution in [3.8, 4) is 0 Å². The molecule has 0 spiro atoms. The highest BCUT2D eigenvalue weighted by atomic mass is 32.2. The van der Waals surface area contributed by atoms with Gasteiger partial charge >= 0.3 is 0 Å². The molecule has 0 aromatic heterocycles. The Kier molecular flexibility index (Phi) is 6.57. The fraction of sp³-hybridized carbons (Fsp3) is 0.333. The average Bonchev–Trinajstić information content (AvgIpc) is 2.55. The third-order valence-corrected chi connectivity index (χ3v) is 6.43. The Balaban J connectivity index is 1.91. The van der Waals surface area contributed by atoms with Crippen LogP contribution >= 0.6 is 0 Å². The van der Waals surface area contributed by atoms with E-state index in [9.17, 15) is 16.8 Å². The summed E-state index contributed by atoms with van der Waals surface area (Å²) in [6, 6.07) is 12.6. The van der Waals surface area contributed by atoms with Crippen LogP contribution in [0.25, 0.3) is 0 Å². The number of rotatable bonds is 8. The van der Waals surface area contributed by atoms with Crippen molar-refractivity contribution in [1.82, 2.24) is 0 Å². The van der Waals surface area contributed by atoms with Crippen LogP contribution in [0, 0.1) is 13.8 Å². The van der Waals surface area contributed by atoms with Crippen LogP contribution in [0.2, 0.25) is 0 Å². The molecule has 2 aromatic rings. The third-order valence-electron chi connectivity index (χ3n) is 3.67. The lowest BCUT2D eigenvalue weighted by Gasteiger charge is -2.13. The van der Waals surface area contributed by atoms with Gasteiger partial charge < -0.3 is 0 Å². The van der Waals surface area contributed by atoms with Gasteiger partial charge in [0.25, 0.3) is 20.2 Å². The molecule has 2 aromatic carbocycles. The topological polar surface area (TPSA) is 86.7 Å². The van der Waals surface area contributed by atoms with Gasteiger partial charge in [0.1, 0.15) is 0 Å². The minimum atomic E-state index is -3.90. The summed E-state index contributed by atoms with van der Waals surface area (Å²) in [5, 5.41) is 0. The number of hydrogen-bond acceptors (Lipinski definition) is 6. The van der Waals surface area contributed by atoms with Gasteiger partial charge in [0.2, 0.25) is 0 Å². The van der Waals surface area contributed by atoms with Crippen molar-refractivity contribution in [3.63, 3.8) is 0 Å². The zero-order chi connectivity index (χ0) is 19.4. The number of hydrogen-bond donors (Lipinski definition) is 0. The minimum absolute atomic E-state index is 0.0585. The molecule has 0 aliphatic carbocycles. The fourth-order valence-electron chi connectivity index (χ4n) is 2.12. The standard InChI is InChI=1S/C18H22O6S2/c1-14-4-8-17(9-5-14)25(19,20)23-13-12-16(3)24-26(21,22)18-10-6-15(2)7-11-18/h4-11,16H,12-13H2,1-3H3/t16-/m0/s1. The lowest BCUT2D eigenvalue weighted by atomic mass is 10.2. The van der Waals surface area contributed by atoms with E-state index in [1.165, 1.54) is 24.3 Å². The maximum absolute atomic E-state index is 12.2. The average molecular weight is 399 g/mol. The molecule has 0 aliphatic rings. The van der Waals surface area contributed by atoms with Gasteiger partial charge in [-0.1, -0.05) is 35.4 Å². The predicted octanol–water partition coefficient (Wildman–Crippen LogP) is 3.19. The van der Waals surface area contributed by atoms with Gasteiger partial charge in [-0.2, -0.15) is 16.8 Å². The van der Waals surface area contributed by atoms with Gasteiger partial charge in [-0.15, -0.1) is 0 Å². The van der Waals surface area contributed by atoms with E-state index in [0.717, 1.165) is 11.1 Å². The summed E-state index contributed by atoms with van der Waals surface area (Å²) in [6.07, 6.45) is -0.620. The van der Waals surface area contributed by atoms with Gasteiger partial charge in [0, 0.05) is 0 Å². The van der Waals surface area contributed by atoms with Crippen LogP contribution in [-0.4, -0.2) is 29.5 Å². The van der Waals surface area contributed by atoms with Crippen LogP contribution < -0.4 is 0 Å². The maximum atomic E-state index is 12.2. The Labute approximate surface area is 155 Å². The van der Waals surface area contributed by atoms with Crippen molar-refractivity contribution in [2.24, 2.45) is 0 Å². The summed E-state index contributed by atoms with van der Waals surface area (Å²) in [7, 11) is -7.78. The second-order valence-electron chi connectivity index (χ2n) is 6.05. The van der Waals surface area contributed by atoms with E-state index in [1.54, 1.807) is 31.2 Å². The Morgan fingerprint density at radius 2 is 1.19 bits per heavy atom. The molecule has 8 heteroatoms. The van der Waals surface area contributed by atoms with Crippen LogP contribution in [0.15, 0.2) is 58.3 Å². The molecule has 0 heterocycles. The first-order valence-corrected chi connectivity index (χ1v) is 10.9. The summed E-state index contributed by atoms with van der Waals surface area (Å²) in [5.74, 6) is 0. The molecule has 26 heavy (non-hydrogen) atoms. The summed E-state index contributed by atoms with van der Waals surface area (Å²) in [4.78, 5) is 0.118. The van der Waals surface area contributed by atoms with E-state index in [4.69, 9.17) is 8.37 Å². The molecule has 142 valence electrons. The lowest BCUT2D eigenvalue weighted by molar-refractivity contribution is 0.185. The van der Waals surface area contributed by atoms with Crippen molar-refractivity contribution in [3.05, 3.63) is 59.7 Å². The highest BCUT2D eigenvalue weighted by Crippen LogP contribution is 2.17. The van der Waals surface area contributed by atoms with E-state index in [-0.39, 0.29) is 22.8 Å². The number of aryl methyl sites for hydroxylation is 2. The molecule has 0 amide bonds. The molecule has 2 rings (SSSR count). The van der Waals surface area contributed by atoms with Crippen LogP contribution in [-0.2, 0) is 28.6 Å². The largest absolute Gasteiger partial charge is 0.297 e. The van der Waals surface area contributed by atoms with E-state index in [2.05, 4.69) is 0 Å². The van der Waals surface area contributed by atoms with E-state index in [1.807, 2.05) is 13.8 Å². The van der Waals surface area contributed by atoms with Crippen molar-refractivity contribution in [1.29, 1.82) is 0 Å². The van der Waals surface area contributed by atoms with Gasteiger partial charge in [0.05, 0.1) is 22.5 Å². The second-order valence-corrected chi connectivity index (χ2v) is 9.24. The van der Waals surface area contributed by atoms with E-state index in [0.29, 0.717) is 0 Å². The first kappa shape index (κ1) is 20.6. The summed E-state index contributed by atoms with van der Waals surface area (Å²) in [6.45, 7) is 5.07. The molecular formula is C18H22O6S2. The minimum Gasteiger partial charge on any atom is -0.266 e. The molecule has 0 radical (unpaired) electrons. The quantitative estimate of drug-likeness (QED) is 0.635. The van der Waals surface area contributed by atoms with Gasteiger partial charge in [0.15, 0.2) is 0 Å². The van der Waals surface area contributed by atoms with Crippen molar-refractivity contribution >= 4 is 20.2 Å². The molecule has 0 saturated heterocycles. The maximum Gasteiger partial charge on any atom is 0.297 e. The predicted molar refractivity (Wildman–Crippen MR) is 97.8 cm³/mol. The fourth-order valence-corrected chi connectivity index (χ4v) is 4.15. The molecule has 0 fully saturated rings. The molecule has 0 bridgehead atoms. The van der Waals surface area contributed by atoms with Gasteiger partial charge in [-0.3, -0.25) is 8.37 Å². The smallest absolute Gasteiger partial charge is 0.266 e. The normalized spacial score (nSPS) is 13.5. The number of benzene rings is 2. The van der Waals surface area contributed by atoms with Crippen LogP contribution in [0.4, 0.5) is 0 Å². The van der Waals surface area contributed by atoms with E-state index >= 15 is 0 Å². The van der Waals surface area contributed by atoms with Gasteiger partial charge in [-0.25, -0.2) is 0 Å². The second kappa shape index (κ2) is 8.30. The summed E-state index contributed by atoms with van der Waals surface area (Å²) in [5.41, 5.74) is 1.87. The van der Waals surface area contributed by atoms with Crippen molar-refractivity contribution < 1.29 is 25.2 Å². The molecular weight excluding hydrogens is 376 g/mol. The first-order valence-electron chi connectivity index (χ1n) is 8.06. The Morgan fingerprint density at radius 1 is 0.769 bits per heavy atom. The lowest BCUT2D eigenvalue weighted by Crippen LogP contribution is -2.18. The summed E-state index contributed by atoms with van der Waals surface area (Å²) >= 11 is 0. The molecule has 0 aliphatic heterocycles. The summed E-state index contributed by atoms with van der Waals surface area (Å²) < 4.78 is 58.6. The molecule has 1 atom stereocenters. The zero-order valence-electron chi connectivity index (χ0n) is 14.9. The Hall–Kier alpha value is -1.74. The highest BCUT2D eigenvalue weighted by Gasteiger charge is 2.20. The first-order chi connectivity index (χ1) is 12.1. The SMILES string of the molecule is Cc1ccc(S(=O)(=O)OCC[C@H](C)OS(=O)(=O)c2ccc(C)cc2)cc1. The Morgan fingerprint density at radius 3 is 1.65 bits per heavy atom. The Bertz CT molecular complexity index is 930. The highest BCUT2D eigenvalue weighted by molar-refractivity contribution is 7.87. The monoisotopic (exact) mass is 398 g/mol. The molecule has 0 unspecified atom stereocenters. The molecule has 0 saturated carbocycles. The van der Waals surface area contributed by atoms with Crippen molar-refractivity contribution in [2.75, 3.05) is 6.61 Å². The molecule has 0 N–H and O–H groups in total. The third kappa shape index (κ3) is 5.63. The van der Waals surface area contributed by atoms with Crippen molar-refractivity contribution in [2.45, 2.75) is 43.1 Å². The van der Waals surface area contributed by atoms with Crippen LogP contribution in [0.3, 0.4) is 0 Å². The van der Waals surface area contributed by atoms with Crippen LogP contribution in [0.1, 0.15) is 24.5 Å². The van der Waals surface area contributed by atoms with Gasteiger partial charge in [-0.05, 0) is 51.5 Å².